The number of nitrogens with zero attached hydrogens (tertiary/aromatic N) is 1. The molecular weight excluding hydrogens is 449 g/mol. The first-order chi connectivity index (χ1) is 13.2. The summed E-state index contributed by atoms with van der Waals surface area (Å²) >= 11 is 3.29. The molecule has 1 aliphatic rings. The number of amides is 6. The fraction of sp³-hybridized carbons (Fsp3) is 0.412. The Bertz CT molecular complexity index is 773. The van der Waals surface area contributed by atoms with Gasteiger partial charge in [0.25, 0.3) is 5.91 Å². The van der Waals surface area contributed by atoms with Crippen LogP contribution < -0.4 is 21.4 Å². The molecule has 1 heterocycles. The van der Waals surface area contributed by atoms with E-state index in [-0.39, 0.29) is 18.2 Å². The molecule has 0 radical (unpaired) electrons. The van der Waals surface area contributed by atoms with Crippen LogP contribution in [0.5, 0.6) is 0 Å². The number of hydrogen-bond donors (Lipinski definition) is 4. The first-order valence-corrected chi connectivity index (χ1v) is 10.3. The summed E-state index contributed by atoms with van der Waals surface area (Å²) in [5, 5.41) is 8.40. The Hall–Kier alpha value is -2.19. The monoisotopic (exact) mass is 471 g/mol. The molecule has 1 aromatic carbocycles. The molecule has 28 heavy (non-hydrogen) atoms. The number of nitrogens with one attached hydrogen (secondary N) is 4. The van der Waals surface area contributed by atoms with Crippen molar-refractivity contribution >= 4 is 54.7 Å². The summed E-state index contributed by atoms with van der Waals surface area (Å²) in [5.74, 6) is -1.41. The third-order valence-electron chi connectivity index (χ3n) is 4.32. The van der Waals surface area contributed by atoms with Crippen LogP contribution in [-0.4, -0.2) is 47.1 Å². The van der Waals surface area contributed by atoms with E-state index in [2.05, 4.69) is 46.5 Å². The van der Waals surface area contributed by atoms with E-state index in [0.717, 1.165) is 4.47 Å². The van der Waals surface area contributed by atoms with Crippen molar-refractivity contribution in [1.82, 2.24) is 21.1 Å². The number of hydrazine groups is 1. The van der Waals surface area contributed by atoms with E-state index in [9.17, 15) is 19.2 Å². The Morgan fingerprint density at radius 3 is 2.46 bits per heavy atom. The average Bonchev–Trinajstić information content (AvgIpc) is 2.87. The van der Waals surface area contributed by atoms with Crippen LogP contribution in [0.3, 0.4) is 0 Å². The SMILES string of the molecule is CC(C)C1(CC(=O)NCCP)NC(=O)N(NC(=O)Nc2ccc(Br)cc2)C1=O. The second-order valence-electron chi connectivity index (χ2n) is 6.58. The maximum Gasteiger partial charge on any atom is 0.344 e. The predicted octanol–water partition coefficient (Wildman–Crippen LogP) is 1.81. The highest BCUT2D eigenvalue weighted by Crippen LogP contribution is 2.28. The topological polar surface area (TPSA) is 120 Å². The molecule has 0 aliphatic carbocycles. The Morgan fingerprint density at radius 1 is 1.25 bits per heavy atom. The standard InChI is InChI=1S/C17H23BrN5O4P/c1-10(2)17(9-13(24)19-7-8-28)14(25)23(16(27)21-17)22-15(26)20-12-5-3-11(18)4-6-12/h3-6,10H,7-9,28H2,1-2H3,(H,19,24)(H,21,27)(H2,20,22,26). The molecule has 11 heteroatoms. The quantitative estimate of drug-likeness (QED) is 0.358. The van der Waals surface area contributed by atoms with Gasteiger partial charge in [-0.1, -0.05) is 29.8 Å². The van der Waals surface area contributed by atoms with Gasteiger partial charge in [-0.3, -0.25) is 9.59 Å². The molecule has 9 nitrogen and oxygen atoms in total. The van der Waals surface area contributed by atoms with Gasteiger partial charge in [-0.05, 0) is 36.3 Å². The highest BCUT2D eigenvalue weighted by Gasteiger charge is 2.55. The molecule has 1 fully saturated rings. The van der Waals surface area contributed by atoms with Crippen molar-refractivity contribution in [2.75, 3.05) is 18.0 Å². The van der Waals surface area contributed by atoms with Gasteiger partial charge >= 0.3 is 12.1 Å². The zero-order valence-electron chi connectivity index (χ0n) is 15.5. The van der Waals surface area contributed by atoms with Gasteiger partial charge < -0.3 is 16.0 Å². The van der Waals surface area contributed by atoms with Gasteiger partial charge in [0, 0.05) is 16.7 Å². The summed E-state index contributed by atoms with van der Waals surface area (Å²) in [6, 6.07) is 5.25. The highest BCUT2D eigenvalue weighted by atomic mass is 79.9. The van der Waals surface area contributed by atoms with Crippen LogP contribution in [0.2, 0.25) is 0 Å². The number of anilines is 1. The van der Waals surface area contributed by atoms with E-state index in [1.807, 2.05) is 0 Å². The number of imide groups is 1. The fourth-order valence-corrected chi connectivity index (χ4v) is 3.14. The minimum absolute atomic E-state index is 0.216. The van der Waals surface area contributed by atoms with Gasteiger partial charge in [-0.25, -0.2) is 15.0 Å². The molecule has 2 rings (SSSR count). The summed E-state index contributed by atoms with van der Waals surface area (Å²) in [5.41, 5.74) is 1.30. The van der Waals surface area contributed by atoms with E-state index < -0.39 is 23.5 Å². The van der Waals surface area contributed by atoms with Crippen LogP contribution in [0, 0.1) is 5.92 Å². The molecule has 0 bridgehead atoms. The van der Waals surface area contributed by atoms with E-state index in [1.54, 1.807) is 38.1 Å². The number of benzene rings is 1. The van der Waals surface area contributed by atoms with Crippen LogP contribution in [0.15, 0.2) is 28.7 Å². The molecule has 1 aromatic rings. The number of carbonyl (C=O) groups excluding carboxylic acids is 4. The second-order valence-corrected chi connectivity index (χ2v) is 8.08. The van der Waals surface area contributed by atoms with E-state index in [4.69, 9.17) is 0 Å². The summed E-state index contributed by atoms with van der Waals surface area (Å²) < 4.78 is 0.842. The van der Waals surface area contributed by atoms with Crippen LogP contribution >= 0.6 is 25.2 Å². The van der Waals surface area contributed by atoms with Gasteiger partial charge in [-0.2, -0.15) is 5.01 Å². The molecule has 2 atom stereocenters. The third-order valence-corrected chi connectivity index (χ3v) is 5.14. The van der Waals surface area contributed by atoms with Gasteiger partial charge in [0.05, 0.1) is 6.42 Å². The van der Waals surface area contributed by atoms with Crippen molar-refractivity contribution in [3.05, 3.63) is 28.7 Å². The first kappa shape index (κ1) is 22.1. The van der Waals surface area contributed by atoms with Crippen LogP contribution in [0.4, 0.5) is 15.3 Å². The summed E-state index contributed by atoms with van der Waals surface area (Å²) in [7, 11) is 2.49. The lowest BCUT2D eigenvalue weighted by atomic mass is 9.83. The van der Waals surface area contributed by atoms with Crippen molar-refractivity contribution < 1.29 is 19.2 Å². The largest absolute Gasteiger partial charge is 0.356 e. The van der Waals surface area contributed by atoms with Gasteiger partial charge in [-0.15, -0.1) is 9.24 Å². The maximum atomic E-state index is 12.9. The van der Waals surface area contributed by atoms with E-state index >= 15 is 0 Å². The first-order valence-electron chi connectivity index (χ1n) is 8.66. The Kier molecular flexibility index (Phi) is 7.37. The summed E-state index contributed by atoms with van der Waals surface area (Å²) in [6.07, 6.45) is 0.455. The normalized spacial score (nSPS) is 18.8. The van der Waals surface area contributed by atoms with Gasteiger partial charge in [0.2, 0.25) is 5.91 Å². The van der Waals surface area contributed by atoms with Gasteiger partial charge in [0.15, 0.2) is 0 Å². The molecule has 0 spiro atoms. The van der Waals surface area contributed by atoms with Crippen LogP contribution in [0.1, 0.15) is 20.3 Å². The molecular formula is C17H23BrN5O4P. The number of carbonyl (C=O) groups is 4. The molecule has 152 valence electrons. The molecule has 1 saturated heterocycles. The number of rotatable bonds is 7. The smallest absolute Gasteiger partial charge is 0.344 e. The van der Waals surface area contributed by atoms with Crippen molar-refractivity contribution in [3.63, 3.8) is 0 Å². The highest BCUT2D eigenvalue weighted by molar-refractivity contribution is 9.10. The third kappa shape index (κ3) is 4.99. The molecule has 0 aromatic heterocycles. The maximum absolute atomic E-state index is 12.9. The molecule has 2 unspecified atom stereocenters. The zero-order valence-corrected chi connectivity index (χ0v) is 18.3. The van der Waals surface area contributed by atoms with E-state index in [0.29, 0.717) is 23.4 Å². The van der Waals surface area contributed by atoms with Crippen molar-refractivity contribution in [2.45, 2.75) is 25.8 Å². The van der Waals surface area contributed by atoms with Crippen molar-refractivity contribution in [2.24, 2.45) is 5.92 Å². The fourth-order valence-electron chi connectivity index (χ4n) is 2.73. The van der Waals surface area contributed by atoms with Crippen molar-refractivity contribution in [3.8, 4) is 0 Å². The Morgan fingerprint density at radius 2 is 1.89 bits per heavy atom. The lowest BCUT2D eigenvalue weighted by Gasteiger charge is -2.30. The van der Waals surface area contributed by atoms with Gasteiger partial charge in [0.1, 0.15) is 5.54 Å². The summed E-state index contributed by atoms with van der Waals surface area (Å²) in [6.45, 7) is 3.90. The lowest BCUT2D eigenvalue weighted by Crippen LogP contribution is -2.55. The average molecular weight is 472 g/mol. The van der Waals surface area contributed by atoms with E-state index in [1.165, 1.54) is 0 Å². The van der Waals surface area contributed by atoms with Crippen molar-refractivity contribution in [1.29, 1.82) is 0 Å². The number of halogens is 1. The predicted molar refractivity (Wildman–Crippen MR) is 111 cm³/mol. The minimum atomic E-state index is -1.42. The Balaban J connectivity index is 2.10. The zero-order chi connectivity index (χ0) is 20.9. The molecule has 0 saturated carbocycles. The number of hydrogen-bond acceptors (Lipinski definition) is 4. The molecule has 6 amide bonds. The number of urea groups is 2. The minimum Gasteiger partial charge on any atom is -0.356 e. The summed E-state index contributed by atoms with van der Waals surface area (Å²) in [4.78, 5) is 49.6. The lowest BCUT2D eigenvalue weighted by molar-refractivity contribution is -0.138. The second kappa shape index (κ2) is 9.34. The van der Waals surface area contributed by atoms with Crippen LogP contribution in [0.25, 0.3) is 0 Å². The van der Waals surface area contributed by atoms with Crippen LogP contribution in [-0.2, 0) is 9.59 Å². The molecule has 1 aliphatic heterocycles. The Labute approximate surface area is 173 Å². The molecule has 4 N–H and O–H groups in total.